The van der Waals surface area contributed by atoms with Crippen LogP contribution < -0.4 is 0 Å². The predicted octanol–water partition coefficient (Wildman–Crippen LogP) is 5.69. The summed E-state index contributed by atoms with van der Waals surface area (Å²) in [6, 6.07) is 19.9. The van der Waals surface area contributed by atoms with Gasteiger partial charge in [-0.1, -0.05) is 54.6 Å². The molecule has 0 fully saturated rings. The summed E-state index contributed by atoms with van der Waals surface area (Å²) in [5.41, 5.74) is 1.98. The van der Waals surface area contributed by atoms with Gasteiger partial charge in [0.15, 0.2) is 0 Å². The smallest absolute Gasteiger partial charge is 0.337 e. The van der Waals surface area contributed by atoms with E-state index in [1.165, 1.54) is 24.5 Å². The van der Waals surface area contributed by atoms with E-state index in [0.717, 1.165) is 10.4 Å². The highest BCUT2D eigenvalue weighted by Gasteiger charge is 2.45. The molecule has 2 aromatic carbocycles. The molecule has 0 saturated heterocycles. The minimum atomic E-state index is -1.03. The Bertz CT molecular complexity index is 1430. The lowest BCUT2D eigenvalue weighted by Gasteiger charge is -2.32. The van der Waals surface area contributed by atoms with E-state index in [0.29, 0.717) is 24.5 Å². The first-order chi connectivity index (χ1) is 19.2. The number of carbonyl (C=O) groups excluding carboxylic acids is 2. The summed E-state index contributed by atoms with van der Waals surface area (Å²) in [5.74, 6) is -3.36. The number of allylic oxidation sites excluding steroid dienone is 1. The molecule has 1 aliphatic heterocycles. The first kappa shape index (κ1) is 28.8. The van der Waals surface area contributed by atoms with Crippen molar-refractivity contribution in [2.24, 2.45) is 10.9 Å². The van der Waals surface area contributed by atoms with E-state index >= 15 is 0 Å². The zero-order chi connectivity index (χ0) is 28.8. The van der Waals surface area contributed by atoms with Gasteiger partial charge in [-0.25, -0.2) is 4.79 Å². The maximum Gasteiger partial charge on any atom is 0.337 e. The maximum absolute atomic E-state index is 14.0. The molecule has 3 atom stereocenters. The van der Waals surface area contributed by atoms with E-state index in [4.69, 9.17) is 9.47 Å². The predicted molar refractivity (Wildman–Crippen MR) is 153 cm³/mol. The number of para-hydroxylation sites is 1. The van der Waals surface area contributed by atoms with Crippen LogP contribution in [0.1, 0.15) is 41.9 Å². The zero-order valence-electron chi connectivity index (χ0n) is 22.8. The third kappa shape index (κ3) is 6.35. The fourth-order valence-electron chi connectivity index (χ4n) is 5.08. The third-order valence-corrected chi connectivity index (χ3v) is 7.82. The van der Waals surface area contributed by atoms with E-state index in [1.54, 1.807) is 32.0 Å². The Balaban J connectivity index is 1.72. The van der Waals surface area contributed by atoms with Crippen molar-refractivity contribution < 1.29 is 24.0 Å². The molecular weight excluding hydrogens is 530 g/mol. The summed E-state index contributed by atoms with van der Waals surface area (Å²) in [7, 11) is 3.19. The second-order valence-corrected chi connectivity index (χ2v) is 10.6. The standard InChI is InChI=1S/C30H31N3O6S/c1-19-26(29(34)38-4)28(22-13-8-9-14-23(22)33(36)37)27(20(2)31-19)30(35)39-24(25-15-10-16-40-25)18-32(3)17-21-11-6-5-7-12-21/h5-16,24,26,28H,17-18H2,1-4H3. The van der Waals surface area contributed by atoms with Crippen LogP contribution >= 0.6 is 11.3 Å². The van der Waals surface area contributed by atoms with Crippen LogP contribution in [0.4, 0.5) is 5.69 Å². The second-order valence-electron chi connectivity index (χ2n) is 9.64. The van der Waals surface area contributed by atoms with Gasteiger partial charge in [-0.15, -0.1) is 11.3 Å². The Morgan fingerprint density at radius 2 is 1.77 bits per heavy atom. The van der Waals surface area contributed by atoms with Crippen molar-refractivity contribution in [2.75, 3.05) is 20.7 Å². The Morgan fingerprint density at radius 1 is 1.07 bits per heavy atom. The number of hydrogen-bond donors (Lipinski definition) is 0. The van der Waals surface area contributed by atoms with Gasteiger partial charge in [0.25, 0.3) is 5.69 Å². The number of rotatable bonds is 10. The number of thiophene rings is 1. The highest BCUT2D eigenvalue weighted by atomic mass is 32.1. The van der Waals surface area contributed by atoms with Gasteiger partial charge >= 0.3 is 11.9 Å². The van der Waals surface area contributed by atoms with Crippen molar-refractivity contribution in [3.63, 3.8) is 0 Å². The van der Waals surface area contributed by atoms with Crippen LogP contribution in [0.2, 0.25) is 0 Å². The Hall–Kier alpha value is -4.15. The monoisotopic (exact) mass is 561 g/mol. The van der Waals surface area contributed by atoms with Crippen LogP contribution in [0.15, 0.2) is 88.4 Å². The molecule has 3 unspecified atom stereocenters. The van der Waals surface area contributed by atoms with E-state index in [1.807, 2.05) is 54.9 Å². The highest BCUT2D eigenvalue weighted by molar-refractivity contribution is 7.10. The van der Waals surface area contributed by atoms with Crippen molar-refractivity contribution in [1.82, 2.24) is 4.90 Å². The number of nitro benzene ring substituents is 1. The van der Waals surface area contributed by atoms with Gasteiger partial charge in [0, 0.05) is 46.9 Å². The normalized spacial score (nSPS) is 17.8. The molecule has 2 heterocycles. The molecule has 1 aliphatic rings. The number of esters is 2. The molecule has 0 spiro atoms. The number of nitrogens with zero attached hydrogens (tertiary/aromatic N) is 3. The number of aliphatic imine (C=N–C) groups is 1. The lowest BCUT2D eigenvalue weighted by Crippen LogP contribution is -2.37. The molecule has 0 saturated carbocycles. The molecule has 3 aromatic rings. The van der Waals surface area contributed by atoms with Gasteiger partial charge < -0.3 is 9.47 Å². The molecule has 208 valence electrons. The Morgan fingerprint density at radius 3 is 2.42 bits per heavy atom. The SMILES string of the molecule is COC(=O)C1C(C)=NC(C)=C(C(=O)OC(CN(C)Cc2ccccc2)c2cccs2)C1c1ccccc1[N+](=O)[O-]. The van der Waals surface area contributed by atoms with Crippen molar-refractivity contribution in [2.45, 2.75) is 32.4 Å². The Kier molecular flexibility index (Phi) is 9.23. The first-order valence-corrected chi connectivity index (χ1v) is 13.6. The van der Waals surface area contributed by atoms with E-state index in [-0.39, 0.29) is 16.8 Å². The summed E-state index contributed by atoms with van der Waals surface area (Å²) in [6.45, 7) is 4.36. The number of carbonyl (C=O) groups is 2. The van der Waals surface area contributed by atoms with Gasteiger partial charge in [0.05, 0.1) is 17.6 Å². The van der Waals surface area contributed by atoms with Crippen molar-refractivity contribution in [3.8, 4) is 0 Å². The highest BCUT2D eigenvalue weighted by Crippen LogP contribution is 2.44. The first-order valence-electron chi connectivity index (χ1n) is 12.7. The molecule has 0 N–H and O–H groups in total. The van der Waals surface area contributed by atoms with Gasteiger partial charge in [-0.3, -0.25) is 24.8 Å². The minimum Gasteiger partial charge on any atom is -0.468 e. The average Bonchev–Trinajstić information content (AvgIpc) is 3.47. The minimum absolute atomic E-state index is 0.0996. The van der Waals surface area contributed by atoms with Gasteiger partial charge in [0.1, 0.15) is 12.0 Å². The second kappa shape index (κ2) is 12.8. The van der Waals surface area contributed by atoms with Crippen molar-refractivity contribution in [1.29, 1.82) is 0 Å². The maximum atomic E-state index is 14.0. The number of likely N-dealkylation sites (N-methyl/N-ethyl adjacent to an activating group) is 1. The summed E-state index contributed by atoms with van der Waals surface area (Å²) < 4.78 is 11.2. The number of benzene rings is 2. The molecule has 0 amide bonds. The van der Waals surface area contributed by atoms with Crippen LogP contribution in [0, 0.1) is 16.0 Å². The van der Waals surface area contributed by atoms with Gasteiger partial charge in [-0.2, -0.15) is 0 Å². The number of methoxy groups -OCH3 is 1. The number of nitro groups is 1. The lowest BCUT2D eigenvalue weighted by molar-refractivity contribution is -0.385. The van der Waals surface area contributed by atoms with Crippen LogP contribution in [0.5, 0.6) is 0 Å². The van der Waals surface area contributed by atoms with Crippen LogP contribution in [-0.4, -0.2) is 48.2 Å². The lowest BCUT2D eigenvalue weighted by atomic mass is 9.75. The molecule has 4 rings (SSSR count). The average molecular weight is 562 g/mol. The van der Waals surface area contributed by atoms with Crippen LogP contribution in [0.25, 0.3) is 0 Å². The van der Waals surface area contributed by atoms with Crippen molar-refractivity contribution >= 4 is 34.7 Å². The Labute approximate surface area is 236 Å². The summed E-state index contributed by atoms with van der Waals surface area (Å²) in [6.07, 6.45) is -0.614. The summed E-state index contributed by atoms with van der Waals surface area (Å²) in [4.78, 5) is 45.9. The molecule has 0 radical (unpaired) electrons. The van der Waals surface area contributed by atoms with Gasteiger partial charge in [-0.05, 0) is 37.9 Å². The molecule has 40 heavy (non-hydrogen) atoms. The fourth-order valence-corrected chi connectivity index (χ4v) is 5.83. The van der Waals surface area contributed by atoms with Crippen LogP contribution in [0.3, 0.4) is 0 Å². The molecule has 1 aromatic heterocycles. The quantitative estimate of drug-likeness (QED) is 0.177. The van der Waals surface area contributed by atoms with E-state index in [9.17, 15) is 19.7 Å². The van der Waals surface area contributed by atoms with Crippen LogP contribution in [-0.2, 0) is 25.6 Å². The summed E-state index contributed by atoms with van der Waals surface area (Å²) >= 11 is 1.47. The number of hydrogen-bond acceptors (Lipinski definition) is 9. The molecule has 0 bridgehead atoms. The molecular formula is C30H31N3O6S. The fraction of sp³-hybridized carbons (Fsp3) is 0.300. The zero-order valence-corrected chi connectivity index (χ0v) is 23.6. The molecule has 0 aliphatic carbocycles. The van der Waals surface area contributed by atoms with Crippen molar-refractivity contribution in [3.05, 3.63) is 109 Å². The topological polar surface area (TPSA) is 111 Å². The third-order valence-electron chi connectivity index (χ3n) is 6.85. The van der Waals surface area contributed by atoms with E-state index in [2.05, 4.69) is 9.89 Å². The molecule has 10 heteroatoms. The van der Waals surface area contributed by atoms with Gasteiger partial charge in [0.2, 0.25) is 0 Å². The van der Waals surface area contributed by atoms with E-state index < -0.39 is 34.8 Å². The largest absolute Gasteiger partial charge is 0.468 e. The number of ether oxygens (including phenoxy) is 2. The molecule has 9 nitrogen and oxygen atoms in total. The summed E-state index contributed by atoms with van der Waals surface area (Å²) in [5, 5.41) is 13.9.